The number of aromatic amines is 2. The van der Waals surface area contributed by atoms with Crippen molar-refractivity contribution in [3.8, 4) is 0 Å². The van der Waals surface area contributed by atoms with Crippen LogP contribution >= 0.6 is 12.2 Å². The van der Waals surface area contributed by atoms with Crippen molar-refractivity contribution in [2.24, 2.45) is 4.99 Å². The van der Waals surface area contributed by atoms with Crippen LogP contribution in [0.3, 0.4) is 0 Å². The Balaban J connectivity index is 1.90. The lowest BCUT2D eigenvalue weighted by molar-refractivity contribution is 1.27. The van der Waals surface area contributed by atoms with Crippen molar-refractivity contribution >= 4 is 69.4 Å². The van der Waals surface area contributed by atoms with Crippen LogP contribution < -0.4 is 0 Å². The molecule has 3 aromatic rings. The highest BCUT2D eigenvalue weighted by Gasteiger charge is 2.08. The second-order valence-electron chi connectivity index (χ2n) is 6.23. The van der Waals surface area contributed by atoms with Gasteiger partial charge in [-0.25, -0.2) is 9.97 Å². The number of fused-ring (bicyclic) bond motifs is 8. The van der Waals surface area contributed by atoms with Gasteiger partial charge in [-0.15, -0.1) is 0 Å². The SMILES string of the molecule is S=C=Nc1c2nc(cc3nc(cc4ccc(cc5ccc1[nH]5)[nH]4)C=C3)C=C2. The third-order valence-corrected chi connectivity index (χ3v) is 4.44. The van der Waals surface area contributed by atoms with Crippen LogP contribution in [0.15, 0.2) is 47.5 Å². The lowest BCUT2D eigenvalue weighted by Crippen LogP contribution is -1.79. The number of H-pyrrole nitrogens is 2. The van der Waals surface area contributed by atoms with E-state index < -0.39 is 0 Å². The van der Waals surface area contributed by atoms with E-state index in [1.54, 1.807) is 0 Å². The number of aliphatic imine (C=N–C) groups is 1. The Kier molecular flexibility index (Phi) is 3.64. The molecule has 0 saturated heterocycles. The minimum Gasteiger partial charge on any atom is -0.355 e. The molecule has 2 aliphatic heterocycles. The first-order valence-electron chi connectivity index (χ1n) is 8.42. The lowest BCUT2D eigenvalue weighted by atomic mass is 10.3. The molecule has 0 saturated carbocycles. The van der Waals surface area contributed by atoms with E-state index in [4.69, 9.17) is 12.2 Å². The summed E-state index contributed by atoms with van der Waals surface area (Å²) in [5, 5.41) is 2.46. The normalized spacial score (nSPS) is 12.1. The van der Waals surface area contributed by atoms with Gasteiger partial charge in [-0.3, -0.25) is 0 Å². The first kappa shape index (κ1) is 15.6. The summed E-state index contributed by atoms with van der Waals surface area (Å²) in [6, 6.07) is 14.0. The van der Waals surface area contributed by atoms with Gasteiger partial charge in [0.05, 0.1) is 33.5 Å². The van der Waals surface area contributed by atoms with Crippen LogP contribution in [-0.2, 0) is 0 Å². The maximum absolute atomic E-state index is 4.84. The van der Waals surface area contributed by atoms with Crippen molar-refractivity contribution < 1.29 is 0 Å². The number of nitrogens with zero attached hydrogens (tertiary/aromatic N) is 3. The Morgan fingerprint density at radius 1 is 0.741 bits per heavy atom. The minimum absolute atomic E-state index is 0.660. The van der Waals surface area contributed by atoms with Gasteiger partial charge in [0.25, 0.3) is 0 Å². The Morgan fingerprint density at radius 2 is 1.41 bits per heavy atom. The number of thiocarbonyl (C=S) groups is 1. The highest BCUT2D eigenvalue weighted by atomic mass is 32.1. The summed E-state index contributed by atoms with van der Waals surface area (Å²) in [6.45, 7) is 0. The van der Waals surface area contributed by atoms with E-state index >= 15 is 0 Å². The van der Waals surface area contributed by atoms with Crippen LogP contribution in [0, 0.1) is 0 Å². The van der Waals surface area contributed by atoms with E-state index in [2.05, 4.69) is 30.1 Å². The molecule has 0 aliphatic carbocycles. The van der Waals surface area contributed by atoms with E-state index in [0.717, 1.165) is 44.8 Å². The van der Waals surface area contributed by atoms with Crippen LogP contribution in [0.5, 0.6) is 0 Å². The van der Waals surface area contributed by atoms with E-state index in [0.29, 0.717) is 5.69 Å². The van der Waals surface area contributed by atoms with Crippen molar-refractivity contribution in [1.82, 2.24) is 19.9 Å². The standard InChI is InChI=1S/C21H13N5S/c27-12-22-21-19-7-5-17(25-19)10-15-3-1-13(23-15)9-14-2-4-16(24-14)11-18-6-8-20(21)26-18/h1-11,23,25H. The van der Waals surface area contributed by atoms with Crippen molar-refractivity contribution in [2.45, 2.75) is 0 Å². The molecule has 5 heterocycles. The molecular weight excluding hydrogens is 354 g/mol. The second kappa shape index (κ2) is 6.29. The molecule has 128 valence electrons. The van der Waals surface area contributed by atoms with Gasteiger partial charge in [-0.1, -0.05) is 0 Å². The van der Waals surface area contributed by atoms with Gasteiger partial charge in [0.15, 0.2) is 0 Å². The minimum atomic E-state index is 0.660. The zero-order valence-corrected chi connectivity index (χ0v) is 14.9. The molecule has 6 heteroatoms. The fourth-order valence-corrected chi connectivity index (χ4v) is 3.25. The fraction of sp³-hybridized carbons (Fsp3) is 0. The molecule has 0 amide bonds. The summed E-state index contributed by atoms with van der Waals surface area (Å²) in [5.74, 6) is 0. The molecule has 0 fully saturated rings. The van der Waals surface area contributed by atoms with Crippen molar-refractivity contribution in [1.29, 1.82) is 0 Å². The molecule has 0 radical (unpaired) electrons. The van der Waals surface area contributed by atoms with Crippen LogP contribution in [0.2, 0.25) is 0 Å². The molecule has 8 bridgehead atoms. The third-order valence-electron chi connectivity index (χ3n) is 4.35. The zero-order chi connectivity index (χ0) is 18.2. The van der Waals surface area contributed by atoms with Gasteiger partial charge in [0.1, 0.15) is 5.69 Å². The molecule has 2 N–H and O–H groups in total. The average Bonchev–Trinajstić information content (AvgIpc) is 3.43. The van der Waals surface area contributed by atoms with E-state index in [-0.39, 0.29) is 0 Å². The number of isothiocyanates is 1. The molecule has 3 aromatic heterocycles. The Bertz CT molecular complexity index is 1330. The topological polar surface area (TPSA) is 69.7 Å². The predicted octanol–water partition coefficient (Wildman–Crippen LogP) is 5.39. The smallest absolute Gasteiger partial charge is 0.123 e. The molecule has 5 nitrogen and oxygen atoms in total. The van der Waals surface area contributed by atoms with Gasteiger partial charge < -0.3 is 9.97 Å². The van der Waals surface area contributed by atoms with Crippen LogP contribution in [0.1, 0.15) is 22.8 Å². The summed E-state index contributed by atoms with van der Waals surface area (Å²) in [4.78, 5) is 20.3. The summed E-state index contributed by atoms with van der Waals surface area (Å²) in [5.41, 5.74) is 7.75. The summed E-state index contributed by atoms with van der Waals surface area (Å²) in [6.07, 6.45) is 7.83. The lowest BCUT2D eigenvalue weighted by Gasteiger charge is -1.92. The quantitative estimate of drug-likeness (QED) is 0.308. The van der Waals surface area contributed by atoms with Crippen molar-refractivity contribution in [3.05, 3.63) is 65.2 Å². The van der Waals surface area contributed by atoms with Crippen LogP contribution in [0.25, 0.3) is 46.4 Å². The second-order valence-corrected chi connectivity index (χ2v) is 6.41. The molecule has 27 heavy (non-hydrogen) atoms. The van der Waals surface area contributed by atoms with E-state index in [9.17, 15) is 0 Å². The van der Waals surface area contributed by atoms with Gasteiger partial charge in [0, 0.05) is 16.6 Å². The van der Waals surface area contributed by atoms with E-state index in [1.165, 1.54) is 0 Å². The Hall–Kier alpha value is -3.60. The van der Waals surface area contributed by atoms with Crippen molar-refractivity contribution in [2.75, 3.05) is 0 Å². The third kappa shape index (κ3) is 3.04. The maximum atomic E-state index is 4.84. The summed E-state index contributed by atoms with van der Waals surface area (Å²) >= 11 is 4.84. The summed E-state index contributed by atoms with van der Waals surface area (Å²) < 4.78 is 0. The fourth-order valence-electron chi connectivity index (χ4n) is 3.16. The molecular formula is C21H13N5S. The molecule has 2 aliphatic rings. The maximum Gasteiger partial charge on any atom is 0.123 e. The van der Waals surface area contributed by atoms with Gasteiger partial charge in [-0.05, 0) is 79.0 Å². The number of rotatable bonds is 1. The highest BCUT2D eigenvalue weighted by Crippen LogP contribution is 2.27. The van der Waals surface area contributed by atoms with Gasteiger partial charge in [-0.2, -0.15) is 4.99 Å². The number of hydrogen-bond acceptors (Lipinski definition) is 4. The Morgan fingerprint density at radius 3 is 2.26 bits per heavy atom. The largest absolute Gasteiger partial charge is 0.355 e. The van der Waals surface area contributed by atoms with Crippen molar-refractivity contribution in [3.63, 3.8) is 0 Å². The first-order chi connectivity index (χ1) is 13.3. The molecule has 0 aromatic carbocycles. The van der Waals surface area contributed by atoms with Gasteiger partial charge in [0.2, 0.25) is 0 Å². The number of hydrogen-bond donors (Lipinski definition) is 2. The van der Waals surface area contributed by atoms with Crippen LogP contribution in [0.4, 0.5) is 5.69 Å². The number of aromatic nitrogens is 4. The zero-order valence-electron chi connectivity index (χ0n) is 14.1. The first-order valence-corrected chi connectivity index (χ1v) is 8.83. The van der Waals surface area contributed by atoms with Gasteiger partial charge >= 0.3 is 0 Å². The molecule has 5 rings (SSSR count). The van der Waals surface area contributed by atoms with Crippen LogP contribution in [-0.4, -0.2) is 25.1 Å². The summed E-state index contributed by atoms with van der Waals surface area (Å²) in [7, 11) is 0. The molecule has 0 atom stereocenters. The monoisotopic (exact) mass is 367 g/mol. The number of nitrogens with one attached hydrogen (secondary N) is 2. The predicted molar refractivity (Wildman–Crippen MR) is 114 cm³/mol. The van der Waals surface area contributed by atoms with E-state index in [1.807, 2.05) is 66.8 Å². The molecule has 0 unspecified atom stereocenters. The molecule has 0 spiro atoms. The average molecular weight is 367 g/mol. The highest BCUT2D eigenvalue weighted by molar-refractivity contribution is 7.78. The Labute approximate surface area is 159 Å².